The second kappa shape index (κ2) is 10.3. The average Bonchev–Trinajstić information content (AvgIpc) is 3.25. The van der Waals surface area contributed by atoms with E-state index in [0.717, 1.165) is 0 Å². The summed E-state index contributed by atoms with van der Waals surface area (Å²) in [5, 5.41) is 5.21. The zero-order chi connectivity index (χ0) is 24.1. The van der Waals surface area contributed by atoms with Crippen LogP contribution in [-0.2, 0) is 28.6 Å². The molecule has 32 heavy (non-hydrogen) atoms. The number of nitrogens with zero attached hydrogens (tertiary/aromatic N) is 1. The quantitative estimate of drug-likeness (QED) is 0.396. The van der Waals surface area contributed by atoms with Crippen LogP contribution >= 0.6 is 0 Å². The first kappa shape index (κ1) is 25.6. The smallest absolute Gasteiger partial charge is 0.408 e. The summed E-state index contributed by atoms with van der Waals surface area (Å²) >= 11 is 0. The molecule has 180 valence electrons. The van der Waals surface area contributed by atoms with Crippen LogP contribution in [0.25, 0.3) is 0 Å². The Bertz CT molecular complexity index is 748. The number of alkyl carbamates (subject to hydrolysis) is 1. The molecule has 0 unspecified atom stereocenters. The number of likely N-dealkylation sites (tertiary alicyclic amines) is 1. The number of amides is 3. The summed E-state index contributed by atoms with van der Waals surface area (Å²) < 4.78 is 15.9. The lowest BCUT2D eigenvalue weighted by Gasteiger charge is -2.26. The van der Waals surface area contributed by atoms with E-state index in [2.05, 4.69) is 17.2 Å². The van der Waals surface area contributed by atoms with Gasteiger partial charge in [-0.2, -0.15) is 0 Å². The normalized spacial score (nSPS) is 26.8. The zero-order valence-corrected chi connectivity index (χ0v) is 19.6. The summed E-state index contributed by atoms with van der Waals surface area (Å²) in [4.78, 5) is 51.7. The van der Waals surface area contributed by atoms with Gasteiger partial charge in [0.2, 0.25) is 11.8 Å². The van der Waals surface area contributed by atoms with Crippen LogP contribution in [0.5, 0.6) is 0 Å². The van der Waals surface area contributed by atoms with Gasteiger partial charge in [0.1, 0.15) is 23.7 Å². The van der Waals surface area contributed by atoms with Gasteiger partial charge < -0.3 is 29.7 Å². The number of nitrogens with one attached hydrogen (secondary N) is 2. The number of esters is 1. The maximum atomic E-state index is 13.1. The minimum absolute atomic E-state index is 0.192. The lowest BCUT2D eigenvalue weighted by Crippen LogP contribution is -2.54. The van der Waals surface area contributed by atoms with E-state index in [9.17, 15) is 19.2 Å². The van der Waals surface area contributed by atoms with Crippen molar-refractivity contribution in [1.29, 1.82) is 0 Å². The van der Waals surface area contributed by atoms with Crippen LogP contribution in [0.1, 0.15) is 47.5 Å². The minimum atomic E-state index is -1.15. The van der Waals surface area contributed by atoms with Gasteiger partial charge in [0.25, 0.3) is 0 Å². The number of rotatable bonds is 9. The molecule has 0 aromatic rings. The van der Waals surface area contributed by atoms with E-state index in [1.807, 2.05) is 6.92 Å². The molecule has 0 spiro atoms. The molecule has 3 amide bonds. The van der Waals surface area contributed by atoms with E-state index in [0.29, 0.717) is 13.0 Å². The number of hydrogen-bond acceptors (Lipinski definition) is 7. The molecular weight excluding hydrogens is 418 g/mol. The van der Waals surface area contributed by atoms with Crippen molar-refractivity contribution in [3.8, 4) is 0 Å². The third kappa shape index (κ3) is 6.21. The molecule has 0 radical (unpaired) electrons. The van der Waals surface area contributed by atoms with Crippen molar-refractivity contribution in [2.45, 2.75) is 70.7 Å². The van der Waals surface area contributed by atoms with Crippen molar-refractivity contribution >= 4 is 23.9 Å². The number of ether oxygens (including phenoxy) is 3. The summed E-state index contributed by atoms with van der Waals surface area (Å²) in [7, 11) is 0. The fourth-order valence-electron chi connectivity index (χ4n) is 3.81. The van der Waals surface area contributed by atoms with Crippen LogP contribution in [0, 0.1) is 5.92 Å². The highest BCUT2D eigenvalue weighted by atomic mass is 16.6. The van der Waals surface area contributed by atoms with Crippen molar-refractivity contribution in [3.05, 3.63) is 12.7 Å². The molecule has 1 saturated heterocycles. The van der Waals surface area contributed by atoms with Gasteiger partial charge in [0, 0.05) is 25.5 Å². The van der Waals surface area contributed by atoms with Gasteiger partial charge in [-0.15, -0.1) is 6.58 Å². The molecule has 1 aliphatic heterocycles. The highest BCUT2D eigenvalue weighted by molar-refractivity contribution is 5.96. The van der Waals surface area contributed by atoms with E-state index < -0.39 is 41.1 Å². The third-order valence-corrected chi connectivity index (χ3v) is 5.36. The fraction of sp³-hybridized carbons (Fsp3) is 0.727. The molecule has 1 aliphatic carbocycles. The van der Waals surface area contributed by atoms with Gasteiger partial charge in [-0.1, -0.05) is 6.08 Å². The Hall–Kier alpha value is -2.62. The Labute approximate surface area is 189 Å². The first-order valence-electron chi connectivity index (χ1n) is 11.0. The van der Waals surface area contributed by atoms with Gasteiger partial charge in [0.15, 0.2) is 0 Å². The fourth-order valence-corrected chi connectivity index (χ4v) is 3.81. The molecule has 2 N–H and O–H groups in total. The van der Waals surface area contributed by atoms with Gasteiger partial charge >= 0.3 is 12.1 Å². The second-order valence-corrected chi connectivity index (χ2v) is 8.96. The Balaban J connectivity index is 2.08. The lowest BCUT2D eigenvalue weighted by molar-refractivity contribution is -0.150. The van der Waals surface area contributed by atoms with Gasteiger partial charge in [0.05, 0.1) is 12.7 Å². The molecule has 1 heterocycles. The van der Waals surface area contributed by atoms with Gasteiger partial charge in [-0.05, 0) is 41.0 Å². The van der Waals surface area contributed by atoms with E-state index in [4.69, 9.17) is 14.2 Å². The number of hydrogen-bond donors (Lipinski definition) is 2. The van der Waals surface area contributed by atoms with Crippen molar-refractivity contribution in [2.75, 3.05) is 26.3 Å². The summed E-state index contributed by atoms with van der Waals surface area (Å²) in [6.07, 6.45) is 1.25. The first-order valence-corrected chi connectivity index (χ1v) is 11.0. The minimum Gasteiger partial charge on any atom is -0.464 e. The van der Waals surface area contributed by atoms with Crippen molar-refractivity contribution in [1.82, 2.24) is 15.5 Å². The molecule has 2 fully saturated rings. The zero-order valence-electron chi connectivity index (χ0n) is 19.6. The molecule has 4 atom stereocenters. The molecule has 2 rings (SSSR count). The third-order valence-electron chi connectivity index (χ3n) is 5.36. The van der Waals surface area contributed by atoms with E-state index in [1.54, 1.807) is 33.8 Å². The van der Waals surface area contributed by atoms with Crippen LogP contribution in [0.4, 0.5) is 4.79 Å². The number of carbonyl (C=O) groups excluding carboxylic acids is 4. The summed E-state index contributed by atoms with van der Waals surface area (Å²) in [5.74, 6) is -1.65. The van der Waals surface area contributed by atoms with Crippen LogP contribution in [0.3, 0.4) is 0 Å². The first-order chi connectivity index (χ1) is 15.0. The van der Waals surface area contributed by atoms with Crippen LogP contribution in [-0.4, -0.2) is 78.4 Å². The van der Waals surface area contributed by atoms with Crippen LogP contribution < -0.4 is 10.6 Å². The van der Waals surface area contributed by atoms with E-state index in [1.165, 1.54) is 4.90 Å². The average molecular weight is 454 g/mol. The molecule has 2 aliphatic rings. The molecular formula is C22H35N3O7. The molecule has 0 bridgehead atoms. The van der Waals surface area contributed by atoms with Crippen molar-refractivity contribution in [3.63, 3.8) is 0 Å². The second-order valence-electron chi connectivity index (χ2n) is 8.96. The van der Waals surface area contributed by atoms with E-state index in [-0.39, 0.29) is 38.1 Å². The molecule has 10 heteroatoms. The molecule has 10 nitrogen and oxygen atoms in total. The maximum absolute atomic E-state index is 13.1. The van der Waals surface area contributed by atoms with E-state index >= 15 is 0 Å². The Morgan fingerprint density at radius 2 is 1.88 bits per heavy atom. The largest absolute Gasteiger partial charge is 0.464 e. The standard InChI is InChI=1S/C22H35N3O7/c1-7-14-11-22(14,19(28)31-9-3)24-18(27)16-10-15(30-8-2)13-25(16)17(26)12-23-20(29)32-21(4,5)6/h7,14-16H,1,8-13H2,2-6H3,(H,23,29)(H,24,27)/t14-,15-,16+,22-/m1/s1. The highest BCUT2D eigenvalue weighted by Gasteiger charge is 2.62. The van der Waals surface area contributed by atoms with Crippen LogP contribution in [0.2, 0.25) is 0 Å². The molecule has 1 saturated carbocycles. The predicted molar refractivity (Wildman–Crippen MR) is 116 cm³/mol. The SMILES string of the molecule is C=C[C@@H]1C[C@]1(NC(=O)[C@@H]1C[C@@H](OCC)CN1C(=O)CNC(=O)OC(C)(C)C)C(=O)OCC. The highest BCUT2D eigenvalue weighted by Crippen LogP contribution is 2.45. The molecule has 0 aromatic heterocycles. The molecule has 0 aromatic carbocycles. The summed E-state index contributed by atoms with van der Waals surface area (Å²) in [5.41, 5.74) is -1.85. The van der Waals surface area contributed by atoms with Crippen LogP contribution in [0.15, 0.2) is 12.7 Å². The Morgan fingerprint density at radius 3 is 2.41 bits per heavy atom. The number of carbonyl (C=O) groups is 4. The maximum Gasteiger partial charge on any atom is 0.408 e. The monoisotopic (exact) mass is 453 g/mol. The Kier molecular flexibility index (Phi) is 8.28. The summed E-state index contributed by atoms with van der Waals surface area (Å²) in [6.45, 7) is 12.9. The summed E-state index contributed by atoms with van der Waals surface area (Å²) in [6, 6.07) is -0.836. The Morgan fingerprint density at radius 1 is 1.19 bits per heavy atom. The lowest BCUT2D eigenvalue weighted by atomic mass is 10.1. The van der Waals surface area contributed by atoms with Gasteiger partial charge in [-0.25, -0.2) is 9.59 Å². The van der Waals surface area contributed by atoms with Gasteiger partial charge in [-0.3, -0.25) is 9.59 Å². The predicted octanol–water partition coefficient (Wildman–Crippen LogP) is 1.14. The topological polar surface area (TPSA) is 123 Å². The van der Waals surface area contributed by atoms with Crippen molar-refractivity contribution < 1.29 is 33.4 Å². The van der Waals surface area contributed by atoms with Crippen molar-refractivity contribution in [2.24, 2.45) is 5.92 Å².